The van der Waals surface area contributed by atoms with Crippen molar-refractivity contribution in [3.8, 4) is 5.75 Å². The summed E-state index contributed by atoms with van der Waals surface area (Å²) in [6.45, 7) is 5.55. The maximum atomic E-state index is 6.06. The summed E-state index contributed by atoms with van der Waals surface area (Å²) in [4.78, 5) is 13.4. The molecule has 0 aliphatic carbocycles. The first-order valence-corrected chi connectivity index (χ1v) is 11.3. The average Bonchev–Trinajstić information content (AvgIpc) is 3.21. The summed E-state index contributed by atoms with van der Waals surface area (Å²) in [6, 6.07) is 6.70. The van der Waals surface area contributed by atoms with Gasteiger partial charge in [0.15, 0.2) is 7.98 Å². The Labute approximate surface area is 181 Å². The summed E-state index contributed by atoms with van der Waals surface area (Å²) in [5, 5.41) is 0. The maximum Gasteiger partial charge on any atom is 0.185 e. The number of aromatic nitrogens is 2. The van der Waals surface area contributed by atoms with Crippen molar-refractivity contribution in [1.29, 1.82) is 0 Å². The van der Waals surface area contributed by atoms with Gasteiger partial charge in [-0.15, -0.1) is 0 Å². The van der Waals surface area contributed by atoms with E-state index in [2.05, 4.69) is 39.8 Å². The molecule has 0 spiro atoms. The molecule has 6 nitrogen and oxygen atoms in total. The third-order valence-corrected chi connectivity index (χ3v) is 6.45. The van der Waals surface area contributed by atoms with Crippen LogP contribution in [0.5, 0.6) is 5.75 Å². The highest BCUT2D eigenvalue weighted by Crippen LogP contribution is 2.27. The van der Waals surface area contributed by atoms with Gasteiger partial charge in [-0.25, -0.2) is 0 Å². The first kappa shape index (κ1) is 21.1. The zero-order chi connectivity index (χ0) is 20.6. The largest absolute Gasteiger partial charge is 0.490 e. The van der Waals surface area contributed by atoms with E-state index in [1.54, 1.807) is 6.20 Å². The predicted molar refractivity (Wildman–Crippen MR) is 121 cm³/mol. The molecule has 2 aromatic heterocycles. The van der Waals surface area contributed by atoms with E-state index in [0.29, 0.717) is 12.6 Å². The minimum absolute atomic E-state index is 0.532. The van der Waals surface area contributed by atoms with Crippen LogP contribution in [0.1, 0.15) is 37.7 Å². The van der Waals surface area contributed by atoms with Crippen molar-refractivity contribution in [3.05, 3.63) is 48.5 Å². The molecule has 0 unspecified atom stereocenters. The third kappa shape index (κ3) is 5.95. The summed E-state index contributed by atoms with van der Waals surface area (Å²) in [5.74, 6) is 1.62. The van der Waals surface area contributed by atoms with Crippen LogP contribution in [0.4, 0.5) is 5.69 Å². The van der Waals surface area contributed by atoms with E-state index in [-0.39, 0.29) is 0 Å². The SMILES string of the molecule is BN1CCC[C@H]1COc1cncc(N2CCC(CCOCc3cccnc3)CC2)c1. The van der Waals surface area contributed by atoms with Crippen molar-refractivity contribution in [3.63, 3.8) is 0 Å². The van der Waals surface area contributed by atoms with Gasteiger partial charge in [0.05, 0.1) is 24.7 Å². The molecule has 0 bridgehead atoms. The zero-order valence-corrected chi connectivity index (χ0v) is 18.1. The minimum atomic E-state index is 0.532. The fourth-order valence-corrected chi connectivity index (χ4v) is 4.44. The zero-order valence-electron chi connectivity index (χ0n) is 18.1. The van der Waals surface area contributed by atoms with E-state index in [0.717, 1.165) is 50.0 Å². The minimum Gasteiger partial charge on any atom is -0.490 e. The molecule has 2 aliphatic heterocycles. The Morgan fingerprint density at radius 1 is 1.07 bits per heavy atom. The molecule has 7 heteroatoms. The van der Waals surface area contributed by atoms with Crippen molar-refractivity contribution < 1.29 is 9.47 Å². The lowest BCUT2D eigenvalue weighted by molar-refractivity contribution is 0.103. The van der Waals surface area contributed by atoms with Gasteiger partial charge in [-0.3, -0.25) is 9.97 Å². The molecule has 2 aromatic rings. The summed E-state index contributed by atoms with van der Waals surface area (Å²) < 4.78 is 11.9. The van der Waals surface area contributed by atoms with Crippen LogP contribution in [0, 0.1) is 5.92 Å². The number of piperidine rings is 1. The van der Waals surface area contributed by atoms with Crippen LogP contribution in [-0.2, 0) is 11.3 Å². The molecule has 4 heterocycles. The van der Waals surface area contributed by atoms with E-state index in [1.807, 2.05) is 24.7 Å². The lowest BCUT2D eigenvalue weighted by atomic mass is 9.94. The van der Waals surface area contributed by atoms with Crippen molar-refractivity contribution in [1.82, 2.24) is 14.8 Å². The summed E-state index contributed by atoms with van der Waals surface area (Å²) in [6.07, 6.45) is 13.5. The van der Waals surface area contributed by atoms with Crippen LogP contribution in [0.3, 0.4) is 0 Å². The second-order valence-corrected chi connectivity index (χ2v) is 8.60. The lowest BCUT2D eigenvalue weighted by Crippen LogP contribution is -2.34. The van der Waals surface area contributed by atoms with Gasteiger partial charge in [0.1, 0.15) is 12.4 Å². The van der Waals surface area contributed by atoms with E-state index in [4.69, 9.17) is 9.47 Å². The normalized spacial score (nSPS) is 20.5. The Morgan fingerprint density at radius 2 is 1.97 bits per heavy atom. The van der Waals surface area contributed by atoms with Crippen molar-refractivity contribution in [2.24, 2.45) is 5.92 Å². The molecular weight excluding hydrogens is 375 g/mol. The highest BCUT2D eigenvalue weighted by atomic mass is 16.5. The van der Waals surface area contributed by atoms with E-state index < -0.39 is 0 Å². The quantitative estimate of drug-likeness (QED) is 0.470. The van der Waals surface area contributed by atoms with E-state index in [9.17, 15) is 0 Å². The van der Waals surface area contributed by atoms with Gasteiger partial charge in [0.2, 0.25) is 0 Å². The molecular formula is C23H33BN4O2. The molecule has 0 amide bonds. The van der Waals surface area contributed by atoms with E-state index >= 15 is 0 Å². The molecule has 2 aliphatic rings. The standard InChI is InChI=1S/C23H33BN4O2/c24-28-9-2-4-21(28)18-30-23-13-22(15-26-16-23)27-10-5-19(6-11-27)7-12-29-17-20-3-1-8-25-14-20/h1,3,8,13-16,19,21H,2,4-7,9-12,17-18,24H2/t21-/m0/s1. The molecule has 0 radical (unpaired) electrons. The monoisotopic (exact) mass is 408 g/mol. The molecule has 0 aromatic carbocycles. The second kappa shape index (κ2) is 10.8. The molecule has 1 atom stereocenters. The molecule has 2 fully saturated rings. The fraction of sp³-hybridized carbons (Fsp3) is 0.565. The van der Waals surface area contributed by atoms with Crippen LogP contribution in [-0.4, -0.2) is 61.6 Å². The molecule has 30 heavy (non-hydrogen) atoms. The Balaban J connectivity index is 1.17. The Morgan fingerprint density at radius 3 is 2.73 bits per heavy atom. The number of nitrogens with zero attached hydrogens (tertiary/aromatic N) is 4. The first-order chi connectivity index (χ1) is 14.8. The fourth-order valence-electron chi connectivity index (χ4n) is 4.44. The topological polar surface area (TPSA) is 50.7 Å². The second-order valence-electron chi connectivity index (χ2n) is 8.60. The van der Waals surface area contributed by atoms with Crippen LogP contribution in [0.15, 0.2) is 43.0 Å². The number of ether oxygens (including phenoxy) is 2. The number of pyridine rings is 2. The Kier molecular flexibility index (Phi) is 7.59. The molecule has 2 saturated heterocycles. The van der Waals surface area contributed by atoms with Crippen LogP contribution >= 0.6 is 0 Å². The first-order valence-electron chi connectivity index (χ1n) is 11.3. The van der Waals surface area contributed by atoms with Crippen LogP contribution in [0.2, 0.25) is 0 Å². The third-order valence-electron chi connectivity index (χ3n) is 6.45. The van der Waals surface area contributed by atoms with Crippen molar-refractivity contribution >= 4 is 13.7 Å². The summed E-state index contributed by atoms with van der Waals surface area (Å²) >= 11 is 0. The average molecular weight is 408 g/mol. The van der Waals surface area contributed by atoms with Gasteiger partial charge in [0.25, 0.3) is 0 Å². The summed E-state index contributed by atoms with van der Waals surface area (Å²) in [7, 11) is 2.18. The Bertz CT molecular complexity index is 771. The number of anilines is 1. The highest BCUT2D eigenvalue weighted by Gasteiger charge is 2.22. The van der Waals surface area contributed by atoms with Crippen LogP contribution < -0.4 is 9.64 Å². The van der Waals surface area contributed by atoms with Gasteiger partial charge in [-0.05, 0) is 56.2 Å². The molecule has 4 rings (SSSR count). The lowest BCUT2D eigenvalue weighted by Gasteiger charge is -2.33. The summed E-state index contributed by atoms with van der Waals surface area (Å²) in [5.41, 5.74) is 2.32. The van der Waals surface area contributed by atoms with Crippen molar-refractivity contribution in [2.45, 2.75) is 44.8 Å². The van der Waals surface area contributed by atoms with Gasteiger partial charge in [-0.2, -0.15) is 0 Å². The van der Waals surface area contributed by atoms with E-state index in [1.165, 1.54) is 37.9 Å². The van der Waals surface area contributed by atoms with Gasteiger partial charge in [-0.1, -0.05) is 6.07 Å². The molecule has 0 N–H and O–H groups in total. The number of rotatable bonds is 9. The Hall–Kier alpha value is -2.12. The van der Waals surface area contributed by atoms with Crippen LogP contribution in [0.25, 0.3) is 0 Å². The number of hydrogen-bond acceptors (Lipinski definition) is 6. The molecule has 0 saturated carbocycles. The van der Waals surface area contributed by atoms with Gasteiger partial charge >= 0.3 is 0 Å². The highest BCUT2D eigenvalue weighted by molar-refractivity contribution is 6.04. The maximum absolute atomic E-state index is 6.06. The van der Waals surface area contributed by atoms with Crippen molar-refractivity contribution in [2.75, 3.05) is 37.7 Å². The van der Waals surface area contributed by atoms with Gasteiger partial charge < -0.3 is 19.2 Å². The van der Waals surface area contributed by atoms with Gasteiger partial charge in [0, 0.05) is 44.2 Å². The predicted octanol–water partition coefficient (Wildman–Crippen LogP) is 2.69. The molecule has 160 valence electrons. The number of hydrogen-bond donors (Lipinski definition) is 0. The smallest absolute Gasteiger partial charge is 0.185 e.